The Hall–Kier alpha value is -0.660. The van der Waals surface area contributed by atoms with E-state index in [0.717, 1.165) is 12.8 Å². The van der Waals surface area contributed by atoms with Crippen molar-refractivity contribution in [1.82, 2.24) is 9.62 Å². The SMILES string of the molecule is CNCC1CCCN1S(=O)(=O)CCC(=O)O. The fraction of sp³-hybridized carbons (Fsp3) is 0.889. The number of carboxylic acids is 1. The Morgan fingerprint density at radius 3 is 2.81 bits per heavy atom. The summed E-state index contributed by atoms with van der Waals surface area (Å²) in [6, 6.07) is -0.0243. The van der Waals surface area contributed by atoms with Gasteiger partial charge in [-0.2, -0.15) is 4.31 Å². The summed E-state index contributed by atoms with van der Waals surface area (Å²) in [7, 11) is -1.64. The van der Waals surface area contributed by atoms with Crippen LogP contribution in [0, 0.1) is 0 Å². The van der Waals surface area contributed by atoms with Crippen LogP contribution in [0.1, 0.15) is 19.3 Å². The quantitative estimate of drug-likeness (QED) is 0.662. The minimum Gasteiger partial charge on any atom is -0.481 e. The van der Waals surface area contributed by atoms with Crippen molar-refractivity contribution in [2.45, 2.75) is 25.3 Å². The maximum atomic E-state index is 11.9. The van der Waals surface area contributed by atoms with E-state index in [1.165, 1.54) is 4.31 Å². The molecule has 1 heterocycles. The molecule has 1 atom stereocenters. The minimum atomic E-state index is -3.41. The van der Waals surface area contributed by atoms with Gasteiger partial charge in [0.15, 0.2) is 0 Å². The Labute approximate surface area is 95.7 Å². The van der Waals surface area contributed by atoms with Crippen LogP contribution in [-0.4, -0.2) is 55.7 Å². The Kier molecular flexibility index (Phi) is 4.69. The summed E-state index contributed by atoms with van der Waals surface area (Å²) in [5.74, 6) is -1.38. The highest BCUT2D eigenvalue weighted by atomic mass is 32.2. The number of hydrogen-bond acceptors (Lipinski definition) is 4. The lowest BCUT2D eigenvalue weighted by Gasteiger charge is -2.23. The van der Waals surface area contributed by atoms with E-state index in [4.69, 9.17) is 5.11 Å². The van der Waals surface area contributed by atoms with Gasteiger partial charge in [-0.05, 0) is 19.9 Å². The molecule has 0 aromatic carbocycles. The number of carboxylic acid groups (broad SMARTS) is 1. The van der Waals surface area contributed by atoms with E-state index in [1.807, 2.05) is 0 Å². The van der Waals surface area contributed by atoms with Crippen LogP contribution in [0.25, 0.3) is 0 Å². The molecule has 0 amide bonds. The standard InChI is InChI=1S/C9H18N2O4S/c1-10-7-8-3-2-5-11(8)16(14,15)6-4-9(12)13/h8,10H,2-7H2,1H3,(H,12,13). The van der Waals surface area contributed by atoms with Gasteiger partial charge >= 0.3 is 5.97 Å². The average molecular weight is 250 g/mol. The van der Waals surface area contributed by atoms with Crippen molar-refractivity contribution in [1.29, 1.82) is 0 Å². The lowest BCUT2D eigenvalue weighted by molar-refractivity contribution is -0.136. The summed E-state index contributed by atoms with van der Waals surface area (Å²) in [5.41, 5.74) is 0. The first-order valence-corrected chi connectivity index (χ1v) is 6.94. The van der Waals surface area contributed by atoms with Gasteiger partial charge in [0.25, 0.3) is 0 Å². The number of carbonyl (C=O) groups is 1. The lowest BCUT2D eigenvalue weighted by atomic mass is 10.2. The first-order valence-electron chi connectivity index (χ1n) is 5.33. The summed E-state index contributed by atoms with van der Waals surface area (Å²) < 4.78 is 25.2. The molecule has 1 aliphatic heterocycles. The van der Waals surface area contributed by atoms with Gasteiger partial charge in [0.05, 0.1) is 12.2 Å². The zero-order chi connectivity index (χ0) is 12.2. The van der Waals surface area contributed by atoms with Gasteiger partial charge in [0, 0.05) is 19.1 Å². The zero-order valence-corrected chi connectivity index (χ0v) is 10.2. The van der Waals surface area contributed by atoms with Crippen LogP contribution in [0.3, 0.4) is 0 Å². The summed E-state index contributed by atoms with van der Waals surface area (Å²) in [5, 5.41) is 11.4. The molecule has 94 valence electrons. The topological polar surface area (TPSA) is 86.7 Å². The molecule has 1 fully saturated rings. The molecule has 0 aromatic heterocycles. The Bertz CT molecular complexity index is 341. The van der Waals surface area contributed by atoms with E-state index in [0.29, 0.717) is 13.1 Å². The second kappa shape index (κ2) is 5.60. The molecule has 2 N–H and O–H groups in total. The first-order chi connectivity index (χ1) is 7.47. The molecular weight excluding hydrogens is 232 g/mol. The van der Waals surface area contributed by atoms with Gasteiger partial charge in [-0.15, -0.1) is 0 Å². The summed E-state index contributed by atoms with van der Waals surface area (Å²) in [4.78, 5) is 10.4. The number of nitrogens with zero attached hydrogens (tertiary/aromatic N) is 1. The van der Waals surface area contributed by atoms with E-state index >= 15 is 0 Å². The molecule has 0 bridgehead atoms. The number of sulfonamides is 1. The molecule has 0 saturated carbocycles. The Morgan fingerprint density at radius 1 is 1.56 bits per heavy atom. The smallest absolute Gasteiger partial charge is 0.304 e. The van der Waals surface area contributed by atoms with Crippen molar-refractivity contribution in [3.05, 3.63) is 0 Å². The van der Waals surface area contributed by atoms with Gasteiger partial charge in [-0.1, -0.05) is 0 Å². The van der Waals surface area contributed by atoms with E-state index in [-0.39, 0.29) is 18.2 Å². The van der Waals surface area contributed by atoms with E-state index in [1.54, 1.807) is 7.05 Å². The Balaban J connectivity index is 2.63. The normalized spacial score (nSPS) is 22.4. The fourth-order valence-electron chi connectivity index (χ4n) is 1.95. The average Bonchev–Trinajstić information content (AvgIpc) is 2.64. The van der Waals surface area contributed by atoms with Crippen LogP contribution in [-0.2, 0) is 14.8 Å². The van der Waals surface area contributed by atoms with Gasteiger partial charge in [-0.25, -0.2) is 8.42 Å². The fourth-order valence-corrected chi connectivity index (χ4v) is 3.66. The summed E-state index contributed by atoms with van der Waals surface area (Å²) >= 11 is 0. The molecule has 16 heavy (non-hydrogen) atoms. The van der Waals surface area contributed by atoms with Crippen LogP contribution >= 0.6 is 0 Å². The molecule has 1 aliphatic rings. The van der Waals surface area contributed by atoms with Crippen molar-refractivity contribution in [3.63, 3.8) is 0 Å². The molecule has 1 rings (SSSR count). The lowest BCUT2D eigenvalue weighted by Crippen LogP contribution is -2.42. The molecule has 1 unspecified atom stereocenters. The molecule has 7 heteroatoms. The third-order valence-corrected chi connectivity index (χ3v) is 4.61. The first kappa shape index (κ1) is 13.4. The zero-order valence-electron chi connectivity index (χ0n) is 9.35. The third kappa shape index (κ3) is 3.43. The van der Waals surface area contributed by atoms with Crippen LogP contribution in [0.4, 0.5) is 0 Å². The van der Waals surface area contributed by atoms with Crippen LogP contribution in [0.15, 0.2) is 0 Å². The van der Waals surface area contributed by atoms with Gasteiger partial charge in [0.1, 0.15) is 0 Å². The molecule has 6 nitrogen and oxygen atoms in total. The predicted octanol–water partition coefficient (Wildman–Crippen LogP) is -0.525. The summed E-state index contributed by atoms with van der Waals surface area (Å²) in [6.45, 7) is 1.13. The van der Waals surface area contributed by atoms with Crippen molar-refractivity contribution < 1.29 is 18.3 Å². The van der Waals surface area contributed by atoms with Crippen LogP contribution in [0.5, 0.6) is 0 Å². The molecule has 1 saturated heterocycles. The van der Waals surface area contributed by atoms with E-state index < -0.39 is 16.0 Å². The highest BCUT2D eigenvalue weighted by Crippen LogP contribution is 2.21. The number of aliphatic carboxylic acids is 1. The van der Waals surface area contributed by atoms with Gasteiger partial charge < -0.3 is 10.4 Å². The predicted molar refractivity (Wildman–Crippen MR) is 59.7 cm³/mol. The number of likely N-dealkylation sites (N-methyl/N-ethyl adjacent to an activating group) is 1. The van der Waals surface area contributed by atoms with Crippen molar-refractivity contribution >= 4 is 16.0 Å². The maximum absolute atomic E-state index is 11.9. The van der Waals surface area contributed by atoms with Crippen molar-refractivity contribution in [3.8, 4) is 0 Å². The summed E-state index contributed by atoms with van der Waals surface area (Å²) in [6.07, 6.45) is 1.36. The van der Waals surface area contributed by atoms with Crippen molar-refractivity contribution in [2.75, 3.05) is 25.9 Å². The molecular formula is C9H18N2O4S. The van der Waals surface area contributed by atoms with Gasteiger partial charge in [0.2, 0.25) is 10.0 Å². The number of hydrogen-bond donors (Lipinski definition) is 2. The highest BCUT2D eigenvalue weighted by molar-refractivity contribution is 7.89. The van der Waals surface area contributed by atoms with E-state index in [2.05, 4.69) is 5.32 Å². The number of rotatable bonds is 6. The third-order valence-electron chi connectivity index (χ3n) is 2.69. The van der Waals surface area contributed by atoms with Crippen molar-refractivity contribution in [2.24, 2.45) is 0 Å². The van der Waals surface area contributed by atoms with Gasteiger partial charge in [-0.3, -0.25) is 4.79 Å². The van der Waals surface area contributed by atoms with E-state index in [9.17, 15) is 13.2 Å². The molecule has 0 radical (unpaired) electrons. The minimum absolute atomic E-state index is 0.0243. The largest absolute Gasteiger partial charge is 0.481 e. The number of nitrogens with one attached hydrogen (secondary N) is 1. The maximum Gasteiger partial charge on any atom is 0.304 e. The molecule has 0 aliphatic carbocycles. The second-order valence-corrected chi connectivity index (χ2v) is 5.97. The highest BCUT2D eigenvalue weighted by Gasteiger charge is 2.33. The van der Waals surface area contributed by atoms with Crippen LogP contribution in [0.2, 0.25) is 0 Å². The second-order valence-electron chi connectivity index (χ2n) is 3.92. The molecule has 0 spiro atoms. The monoisotopic (exact) mass is 250 g/mol. The van der Waals surface area contributed by atoms with Crippen LogP contribution < -0.4 is 5.32 Å². The molecule has 0 aromatic rings. The Morgan fingerprint density at radius 2 is 2.25 bits per heavy atom.